The van der Waals surface area contributed by atoms with Gasteiger partial charge in [-0.15, -0.1) is 11.3 Å². The number of furan rings is 1. The molecule has 0 aliphatic heterocycles. The lowest BCUT2D eigenvalue weighted by molar-refractivity contribution is 0.00403. The molecular weight excluding hydrogens is 274 g/mol. The zero-order valence-electron chi connectivity index (χ0n) is 11.9. The first-order chi connectivity index (χ1) is 9.66. The van der Waals surface area contributed by atoms with Gasteiger partial charge >= 0.3 is 0 Å². The van der Waals surface area contributed by atoms with Gasteiger partial charge in [0.15, 0.2) is 0 Å². The lowest BCUT2D eigenvalue weighted by Crippen LogP contribution is -2.33. The molecule has 2 heterocycles. The molecular formula is C15H21NO3S. The Hall–Kier alpha value is -1.14. The van der Waals surface area contributed by atoms with E-state index >= 15 is 0 Å². The number of hydrogen-bond donors (Lipinski definition) is 1. The molecule has 5 heteroatoms. The molecule has 1 N–H and O–H groups in total. The monoisotopic (exact) mass is 295 g/mol. The molecule has 110 valence electrons. The Morgan fingerprint density at radius 3 is 2.90 bits per heavy atom. The zero-order valence-corrected chi connectivity index (χ0v) is 12.7. The highest BCUT2D eigenvalue weighted by atomic mass is 32.1. The summed E-state index contributed by atoms with van der Waals surface area (Å²) in [5.41, 5.74) is 0. The Morgan fingerprint density at radius 2 is 2.25 bits per heavy atom. The van der Waals surface area contributed by atoms with Crippen molar-refractivity contribution in [2.75, 3.05) is 20.2 Å². The highest BCUT2D eigenvalue weighted by molar-refractivity contribution is 7.10. The molecule has 2 aromatic rings. The predicted molar refractivity (Wildman–Crippen MR) is 79.7 cm³/mol. The first-order valence-electron chi connectivity index (χ1n) is 6.68. The van der Waals surface area contributed by atoms with Crippen molar-refractivity contribution in [1.29, 1.82) is 0 Å². The van der Waals surface area contributed by atoms with Crippen molar-refractivity contribution < 1.29 is 14.3 Å². The summed E-state index contributed by atoms with van der Waals surface area (Å²) in [7, 11) is 2.01. The number of ether oxygens (including phenoxy) is 1. The fraction of sp³-hybridized carbons (Fsp3) is 0.467. The van der Waals surface area contributed by atoms with E-state index in [0.717, 1.165) is 5.76 Å². The van der Waals surface area contributed by atoms with Gasteiger partial charge in [0.25, 0.3) is 0 Å². The third-order valence-corrected chi connectivity index (χ3v) is 4.29. The molecule has 0 saturated heterocycles. The van der Waals surface area contributed by atoms with Gasteiger partial charge in [0.05, 0.1) is 19.0 Å². The average molecular weight is 295 g/mol. The summed E-state index contributed by atoms with van der Waals surface area (Å²) in [6.45, 7) is 3.43. The lowest BCUT2D eigenvalue weighted by Gasteiger charge is -2.26. The number of aliphatic hydroxyl groups is 1. The van der Waals surface area contributed by atoms with E-state index in [-0.39, 0.29) is 0 Å². The van der Waals surface area contributed by atoms with Gasteiger partial charge in [-0.25, -0.2) is 0 Å². The van der Waals surface area contributed by atoms with Crippen LogP contribution in [0.1, 0.15) is 23.6 Å². The summed E-state index contributed by atoms with van der Waals surface area (Å²) in [6.07, 6.45) is 1.11. The van der Waals surface area contributed by atoms with Gasteiger partial charge in [-0.2, -0.15) is 0 Å². The molecule has 0 fully saturated rings. The van der Waals surface area contributed by atoms with E-state index in [1.165, 1.54) is 4.88 Å². The van der Waals surface area contributed by atoms with Gasteiger partial charge in [-0.3, -0.25) is 4.90 Å². The molecule has 0 aliphatic carbocycles. The zero-order chi connectivity index (χ0) is 14.4. The Labute approximate surface area is 123 Å². The van der Waals surface area contributed by atoms with E-state index in [9.17, 15) is 5.11 Å². The number of hydrogen-bond acceptors (Lipinski definition) is 5. The van der Waals surface area contributed by atoms with Crippen molar-refractivity contribution in [3.05, 3.63) is 46.5 Å². The SMILES string of the molecule is CC(c1cccs1)N(C)CC(O)COCc1ccco1. The Kier molecular flexibility index (Phi) is 5.79. The molecule has 2 rings (SSSR count). The van der Waals surface area contributed by atoms with E-state index in [2.05, 4.69) is 23.3 Å². The van der Waals surface area contributed by atoms with Crippen LogP contribution >= 0.6 is 11.3 Å². The second kappa shape index (κ2) is 7.59. The molecule has 2 unspecified atom stereocenters. The first-order valence-corrected chi connectivity index (χ1v) is 7.56. The number of likely N-dealkylation sites (N-methyl/N-ethyl adjacent to an activating group) is 1. The second-order valence-electron chi connectivity index (χ2n) is 4.88. The standard InChI is InChI=1S/C15H21NO3S/c1-12(15-6-4-8-20-15)16(2)9-13(17)10-18-11-14-5-3-7-19-14/h3-8,12-13,17H,9-11H2,1-2H3. The fourth-order valence-electron chi connectivity index (χ4n) is 1.98. The Morgan fingerprint density at radius 1 is 1.40 bits per heavy atom. The first kappa shape index (κ1) is 15.3. The van der Waals surface area contributed by atoms with Crippen molar-refractivity contribution >= 4 is 11.3 Å². The van der Waals surface area contributed by atoms with Crippen LogP contribution in [0.4, 0.5) is 0 Å². The van der Waals surface area contributed by atoms with Crippen LogP contribution < -0.4 is 0 Å². The molecule has 0 bridgehead atoms. The van der Waals surface area contributed by atoms with Gasteiger partial charge in [0, 0.05) is 17.5 Å². The van der Waals surface area contributed by atoms with E-state index in [1.54, 1.807) is 17.6 Å². The highest BCUT2D eigenvalue weighted by Crippen LogP contribution is 2.23. The Bertz CT molecular complexity index is 469. The van der Waals surface area contributed by atoms with Crippen LogP contribution in [0.15, 0.2) is 40.3 Å². The van der Waals surface area contributed by atoms with E-state index in [4.69, 9.17) is 9.15 Å². The third-order valence-electron chi connectivity index (χ3n) is 3.25. The second-order valence-corrected chi connectivity index (χ2v) is 5.86. The fourth-order valence-corrected chi connectivity index (χ4v) is 2.83. The van der Waals surface area contributed by atoms with Gasteiger partial charge in [-0.05, 0) is 37.6 Å². The van der Waals surface area contributed by atoms with Crippen LogP contribution in [0.25, 0.3) is 0 Å². The molecule has 2 atom stereocenters. The number of thiophene rings is 1. The van der Waals surface area contributed by atoms with Crippen molar-refractivity contribution in [1.82, 2.24) is 4.90 Å². The maximum Gasteiger partial charge on any atom is 0.129 e. The van der Waals surface area contributed by atoms with Crippen LogP contribution in [0.3, 0.4) is 0 Å². The topological polar surface area (TPSA) is 45.8 Å². The van der Waals surface area contributed by atoms with Crippen LogP contribution in [-0.2, 0) is 11.3 Å². The molecule has 0 amide bonds. The molecule has 20 heavy (non-hydrogen) atoms. The minimum atomic E-state index is -0.502. The van der Waals surface area contributed by atoms with Crippen molar-refractivity contribution in [2.45, 2.75) is 25.7 Å². The summed E-state index contributed by atoms with van der Waals surface area (Å²) in [5, 5.41) is 12.1. The quantitative estimate of drug-likeness (QED) is 0.813. The molecule has 0 saturated carbocycles. The van der Waals surface area contributed by atoms with Gasteiger partial charge in [-0.1, -0.05) is 6.07 Å². The molecule has 0 radical (unpaired) electrons. The number of rotatable bonds is 8. The van der Waals surface area contributed by atoms with Gasteiger partial charge in [0.1, 0.15) is 12.4 Å². The minimum absolute atomic E-state index is 0.301. The molecule has 4 nitrogen and oxygen atoms in total. The van der Waals surface area contributed by atoms with Crippen molar-refractivity contribution in [3.8, 4) is 0 Å². The van der Waals surface area contributed by atoms with Crippen molar-refractivity contribution in [3.63, 3.8) is 0 Å². The third kappa shape index (κ3) is 4.45. The summed E-state index contributed by atoms with van der Waals surface area (Å²) >= 11 is 1.74. The normalized spacial score (nSPS) is 14.6. The smallest absolute Gasteiger partial charge is 0.129 e. The minimum Gasteiger partial charge on any atom is -0.467 e. The van der Waals surface area contributed by atoms with Crippen LogP contribution in [-0.4, -0.2) is 36.3 Å². The molecule has 0 aliphatic rings. The number of nitrogens with zero attached hydrogens (tertiary/aromatic N) is 1. The summed E-state index contributed by atoms with van der Waals surface area (Å²) in [6, 6.07) is 8.15. The summed E-state index contributed by atoms with van der Waals surface area (Å²) in [5.74, 6) is 0.775. The summed E-state index contributed by atoms with van der Waals surface area (Å²) in [4.78, 5) is 3.43. The van der Waals surface area contributed by atoms with Gasteiger partial charge in [0.2, 0.25) is 0 Å². The number of aliphatic hydroxyl groups excluding tert-OH is 1. The molecule has 2 aromatic heterocycles. The van der Waals surface area contributed by atoms with Crippen LogP contribution in [0.2, 0.25) is 0 Å². The van der Waals surface area contributed by atoms with E-state index < -0.39 is 6.10 Å². The van der Waals surface area contributed by atoms with E-state index in [0.29, 0.717) is 25.8 Å². The largest absolute Gasteiger partial charge is 0.467 e. The van der Waals surface area contributed by atoms with Crippen LogP contribution in [0, 0.1) is 0 Å². The maximum absolute atomic E-state index is 10.0. The molecule has 0 spiro atoms. The molecule has 0 aromatic carbocycles. The Balaban J connectivity index is 1.69. The average Bonchev–Trinajstić information content (AvgIpc) is 3.10. The van der Waals surface area contributed by atoms with E-state index in [1.807, 2.05) is 25.2 Å². The predicted octanol–water partition coefficient (Wildman–Crippen LogP) is 2.91. The summed E-state index contributed by atoms with van der Waals surface area (Å²) < 4.78 is 10.6. The lowest BCUT2D eigenvalue weighted by atomic mass is 10.2. The highest BCUT2D eigenvalue weighted by Gasteiger charge is 2.16. The van der Waals surface area contributed by atoms with Gasteiger partial charge < -0.3 is 14.3 Å². The maximum atomic E-state index is 10.0. The van der Waals surface area contributed by atoms with Crippen molar-refractivity contribution in [2.24, 2.45) is 0 Å². The van der Waals surface area contributed by atoms with Crippen LogP contribution in [0.5, 0.6) is 0 Å².